The van der Waals surface area contributed by atoms with Gasteiger partial charge >= 0.3 is 18.1 Å². The molecule has 1 heterocycles. The minimum absolute atomic E-state index is 0.0149. The molecule has 0 radical (unpaired) electrons. The van der Waals surface area contributed by atoms with Gasteiger partial charge in [0.05, 0.1) is 37.3 Å². The third-order valence-corrected chi connectivity index (χ3v) is 8.38. The number of sulfonamides is 1. The second-order valence-electron chi connectivity index (χ2n) is 10.2. The van der Waals surface area contributed by atoms with Crippen LogP contribution in [0, 0.1) is 30.6 Å². The Morgan fingerprint density at radius 2 is 1.67 bits per heavy atom. The van der Waals surface area contributed by atoms with Crippen LogP contribution in [-0.4, -0.2) is 82.0 Å². The number of ether oxygens (including phenoxy) is 5. The number of aryl methyl sites for hydroxylation is 1. The summed E-state index contributed by atoms with van der Waals surface area (Å²) in [5.41, 5.74) is -1.16. The first kappa shape index (κ1) is 35.5. The molecule has 0 saturated carbocycles. The van der Waals surface area contributed by atoms with Gasteiger partial charge in [0.2, 0.25) is 10.0 Å². The number of rotatable bonds is 15. The van der Waals surface area contributed by atoms with E-state index in [0.717, 1.165) is 9.87 Å². The van der Waals surface area contributed by atoms with Gasteiger partial charge in [-0.3, -0.25) is 9.59 Å². The smallest absolute Gasteiger partial charge is 0.465 e. The molecule has 12 heteroatoms. The van der Waals surface area contributed by atoms with E-state index in [1.54, 1.807) is 26.0 Å². The van der Waals surface area contributed by atoms with E-state index in [0.29, 0.717) is 0 Å². The fourth-order valence-corrected chi connectivity index (χ4v) is 5.93. The molecule has 0 saturated heterocycles. The third-order valence-electron chi connectivity index (χ3n) is 6.52. The molecular weight excluding hydrogens is 578 g/mol. The summed E-state index contributed by atoms with van der Waals surface area (Å²) in [4.78, 5) is 39.1. The predicted molar refractivity (Wildman–Crippen MR) is 158 cm³/mol. The van der Waals surface area contributed by atoms with Crippen LogP contribution in [-0.2, 0) is 43.3 Å². The quantitative estimate of drug-likeness (QED) is 0.0938. The van der Waals surface area contributed by atoms with Crippen LogP contribution in [0.2, 0.25) is 0 Å². The van der Waals surface area contributed by atoms with Crippen LogP contribution in [0.15, 0.2) is 54.0 Å². The van der Waals surface area contributed by atoms with E-state index >= 15 is 0 Å². The first-order valence-corrected chi connectivity index (χ1v) is 15.4. The Labute approximate surface area is 254 Å². The molecule has 1 aliphatic heterocycles. The number of esters is 2. The van der Waals surface area contributed by atoms with E-state index in [4.69, 9.17) is 30.1 Å². The molecule has 1 aromatic carbocycles. The second kappa shape index (κ2) is 16.3. The van der Waals surface area contributed by atoms with Gasteiger partial charge in [-0.05, 0) is 45.2 Å². The van der Waals surface area contributed by atoms with Crippen LogP contribution in [0.3, 0.4) is 0 Å². The molecule has 236 valence electrons. The highest BCUT2D eigenvalue weighted by Gasteiger charge is 2.56. The van der Waals surface area contributed by atoms with E-state index in [9.17, 15) is 22.8 Å². The van der Waals surface area contributed by atoms with E-state index in [2.05, 4.69) is 12.5 Å². The molecule has 0 fully saturated rings. The van der Waals surface area contributed by atoms with Gasteiger partial charge < -0.3 is 23.7 Å². The lowest BCUT2D eigenvalue weighted by Gasteiger charge is -2.42. The number of hydrogen-bond donors (Lipinski definition) is 0. The minimum Gasteiger partial charge on any atom is -0.465 e. The number of allylic oxidation sites excluding steroid dienone is 1. The van der Waals surface area contributed by atoms with Gasteiger partial charge in [0.1, 0.15) is 18.8 Å². The van der Waals surface area contributed by atoms with Gasteiger partial charge in [0.25, 0.3) is 0 Å². The molecule has 43 heavy (non-hydrogen) atoms. The van der Waals surface area contributed by atoms with Crippen molar-refractivity contribution in [2.24, 2.45) is 11.3 Å². The zero-order valence-corrected chi connectivity index (χ0v) is 26.1. The Bertz CT molecular complexity index is 1280. The minimum atomic E-state index is -4.20. The number of nitrogens with zero attached hydrogens (tertiary/aromatic N) is 1. The lowest BCUT2D eigenvalue weighted by molar-refractivity contribution is -0.187. The molecule has 11 nitrogen and oxygen atoms in total. The van der Waals surface area contributed by atoms with Crippen molar-refractivity contribution in [3.8, 4) is 12.3 Å². The molecule has 1 aliphatic rings. The molecule has 0 amide bonds. The van der Waals surface area contributed by atoms with Gasteiger partial charge in [-0.2, -0.15) is 4.31 Å². The molecule has 0 bridgehead atoms. The molecule has 1 aromatic rings. The van der Waals surface area contributed by atoms with Gasteiger partial charge in [-0.1, -0.05) is 55.7 Å². The van der Waals surface area contributed by atoms with E-state index in [1.165, 1.54) is 30.4 Å². The Morgan fingerprint density at radius 1 is 1.07 bits per heavy atom. The largest absolute Gasteiger partial charge is 0.508 e. The fourth-order valence-electron chi connectivity index (χ4n) is 4.41. The molecule has 3 atom stereocenters. The maximum atomic E-state index is 13.8. The molecule has 2 rings (SSSR count). The monoisotopic (exact) mass is 619 g/mol. The van der Waals surface area contributed by atoms with Crippen molar-refractivity contribution in [1.29, 1.82) is 0 Å². The van der Waals surface area contributed by atoms with Crippen molar-refractivity contribution >= 4 is 28.1 Å². The van der Waals surface area contributed by atoms with E-state index < -0.39 is 58.4 Å². The summed E-state index contributed by atoms with van der Waals surface area (Å²) in [6.45, 7) is 11.5. The zero-order chi connectivity index (χ0) is 32.2. The Balaban J connectivity index is 2.64. The highest BCUT2D eigenvalue weighted by Crippen LogP contribution is 2.38. The molecule has 0 spiro atoms. The highest BCUT2D eigenvalue weighted by molar-refractivity contribution is 7.89. The van der Waals surface area contributed by atoms with Crippen molar-refractivity contribution in [3.05, 3.63) is 54.6 Å². The third kappa shape index (κ3) is 8.69. The highest BCUT2D eigenvalue weighted by atomic mass is 32.2. The summed E-state index contributed by atoms with van der Waals surface area (Å²) in [6, 6.07) is 5.10. The van der Waals surface area contributed by atoms with Gasteiger partial charge in [-0.15, -0.1) is 13.0 Å². The molecule has 0 aliphatic carbocycles. The van der Waals surface area contributed by atoms with Crippen LogP contribution >= 0.6 is 0 Å². The Morgan fingerprint density at radius 3 is 2.19 bits per heavy atom. The Kier molecular flexibility index (Phi) is 13.4. The summed E-state index contributed by atoms with van der Waals surface area (Å²) in [5.74, 6) is 0.582. The summed E-state index contributed by atoms with van der Waals surface area (Å²) < 4.78 is 55.8. The van der Waals surface area contributed by atoms with Crippen LogP contribution in [0.25, 0.3) is 0 Å². The topological polar surface area (TPSA) is 135 Å². The summed E-state index contributed by atoms with van der Waals surface area (Å²) >= 11 is 0. The average Bonchev–Trinajstić information content (AvgIpc) is 2.96. The predicted octanol–water partition coefficient (Wildman–Crippen LogP) is 3.81. The van der Waals surface area contributed by atoms with Crippen LogP contribution in [0.4, 0.5) is 4.79 Å². The first-order valence-electron chi connectivity index (χ1n) is 14.0. The van der Waals surface area contributed by atoms with Crippen LogP contribution in [0.1, 0.15) is 39.7 Å². The number of hydrogen-bond acceptors (Lipinski definition) is 10. The van der Waals surface area contributed by atoms with Crippen molar-refractivity contribution in [2.75, 3.05) is 33.0 Å². The van der Waals surface area contributed by atoms with E-state index in [1.807, 2.05) is 20.8 Å². The lowest BCUT2D eigenvalue weighted by Crippen LogP contribution is -2.58. The number of carbonyl (C=O) groups is 3. The summed E-state index contributed by atoms with van der Waals surface area (Å²) in [7, 11) is -4.20. The van der Waals surface area contributed by atoms with Crippen molar-refractivity contribution in [1.82, 2.24) is 4.31 Å². The van der Waals surface area contributed by atoms with Gasteiger partial charge in [0.15, 0.2) is 5.41 Å². The zero-order valence-electron chi connectivity index (χ0n) is 25.3. The van der Waals surface area contributed by atoms with Crippen molar-refractivity contribution < 1.29 is 46.5 Å². The van der Waals surface area contributed by atoms with Crippen molar-refractivity contribution in [3.63, 3.8) is 0 Å². The standard InChI is InChI=1S/C31H41NO10S/c1-8-18-31(28(33)38-10-3,29(34)39-11-4)27-17-16-25(26(42-27)21-41-30(35)40-20-22(5)6)32(19-9-2)43(36,37)24-14-12-23(7)13-15-24/h2,8,12-17,22,25-27H,1,10-11,18-21H2,3-7H3/t25-,26+,27-/m0/s1. The number of carbonyl (C=O) groups excluding carboxylic acids is 3. The molecular formula is C31H41NO10S. The average molecular weight is 620 g/mol. The normalized spacial score (nSPS) is 18.5. The van der Waals surface area contributed by atoms with Crippen LogP contribution in [0.5, 0.6) is 0 Å². The maximum Gasteiger partial charge on any atom is 0.508 e. The van der Waals surface area contributed by atoms with Crippen LogP contribution < -0.4 is 0 Å². The summed E-state index contributed by atoms with van der Waals surface area (Å²) in [5, 5.41) is 0. The number of terminal acetylenes is 1. The lowest BCUT2D eigenvalue weighted by atomic mass is 9.77. The van der Waals surface area contributed by atoms with Gasteiger partial charge in [0, 0.05) is 0 Å². The second-order valence-corrected chi connectivity index (χ2v) is 12.1. The van der Waals surface area contributed by atoms with E-state index in [-0.39, 0.29) is 43.6 Å². The Hall–Kier alpha value is -3.66. The number of benzene rings is 1. The fraction of sp³-hybridized carbons (Fsp3) is 0.516. The van der Waals surface area contributed by atoms with Gasteiger partial charge in [-0.25, -0.2) is 13.2 Å². The molecule has 0 N–H and O–H groups in total. The molecule has 0 aromatic heterocycles. The SMILES string of the molecule is C#CCN([C@H]1C=C[C@@H](C(CC=C)(C(=O)OCC)C(=O)OCC)O[C@@H]1COC(=O)OCC(C)C)S(=O)(=O)c1ccc(C)cc1. The first-order chi connectivity index (χ1) is 20.4. The van der Waals surface area contributed by atoms with Crippen molar-refractivity contribution in [2.45, 2.75) is 64.2 Å². The molecule has 0 unspecified atom stereocenters. The maximum absolute atomic E-state index is 13.8. The summed E-state index contributed by atoms with van der Waals surface area (Å²) in [6.07, 6.45) is 6.04.